The summed E-state index contributed by atoms with van der Waals surface area (Å²) in [7, 11) is 0. The van der Waals surface area contributed by atoms with Crippen LogP contribution >= 0.6 is 23.2 Å². The SMILES string of the molecule is O=C(Cc1ccc2ccccc2n1)NCCNC(=O)c1ccc(N(CCCl)CCCl)cc1. The van der Waals surface area contributed by atoms with Crippen LogP contribution in [0.4, 0.5) is 5.69 Å². The molecule has 0 aliphatic heterocycles. The molecule has 2 amide bonds. The average molecular weight is 473 g/mol. The first-order valence-corrected chi connectivity index (χ1v) is 11.5. The fraction of sp³-hybridized carbons (Fsp3) is 0.292. The minimum absolute atomic E-state index is 0.134. The molecule has 0 bridgehead atoms. The molecule has 2 aromatic carbocycles. The van der Waals surface area contributed by atoms with E-state index < -0.39 is 0 Å². The first-order chi connectivity index (χ1) is 15.6. The number of benzene rings is 2. The zero-order valence-electron chi connectivity index (χ0n) is 17.7. The number of anilines is 1. The molecule has 0 aliphatic carbocycles. The maximum atomic E-state index is 12.3. The first-order valence-electron chi connectivity index (χ1n) is 10.5. The molecule has 0 radical (unpaired) electrons. The minimum atomic E-state index is -0.191. The molecule has 0 saturated carbocycles. The number of carbonyl (C=O) groups is 2. The van der Waals surface area contributed by atoms with Crippen molar-refractivity contribution >= 4 is 51.6 Å². The Kier molecular flexibility index (Phi) is 9.13. The van der Waals surface area contributed by atoms with Gasteiger partial charge in [-0.1, -0.05) is 24.3 Å². The predicted octanol–water partition coefficient (Wildman–Crippen LogP) is 3.61. The normalized spacial score (nSPS) is 10.7. The molecule has 2 N–H and O–H groups in total. The number of aromatic nitrogens is 1. The molecule has 8 heteroatoms. The molecular weight excluding hydrogens is 447 g/mol. The number of para-hydroxylation sites is 1. The van der Waals surface area contributed by atoms with Gasteiger partial charge in [-0.15, -0.1) is 23.2 Å². The van der Waals surface area contributed by atoms with Crippen molar-refractivity contribution in [1.29, 1.82) is 0 Å². The van der Waals surface area contributed by atoms with Crippen molar-refractivity contribution in [2.45, 2.75) is 6.42 Å². The Balaban J connectivity index is 1.42. The number of hydrogen-bond acceptors (Lipinski definition) is 4. The molecule has 32 heavy (non-hydrogen) atoms. The van der Waals surface area contributed by atoms with Gasteiger partial charge in [-0.2, -0.15) is 0 Å². The van der Waals surface area contributed by atoms with Crippen LogP contribution in [-0.2, 0) is 11.2 Å². The van der Waals surface area contributed by atoms with Crippen molar-refractivity contribution < 1.29 is 9.59 Å². The molecule has 1 heterocycles. The Labute approximate surface area is 197 Å². The maximum absolute atomic E-state index is 12.3. The van der Waals surface area contributed by atoms with Crippen LogP contribution in [0, 0.1) is 0 Å². The van der Waals surface area contributed by atoms with Crippen LogP contribution < -0.4 is 15.5 Å². The lowest BCUT2D eigenvalue weighted by atomic mass is 10.1. The second-order valence-corrected chi connectivity index (χ2v) is 7.95. The van der Waals surface area contributed by atoms with E-state index in [1.165, 1.54) is 0 Å². The summed E-state index contributed by atoms with van der Waals surface area (Å²) < 4.78 is 0. The summed E-state index contributed by atoms with van der Waals surface area (Å²) >= 11 is 11.7. The summed E-state index contributed by atoms with van der Waals surface area (Å²) in [5.74, 6) is 0.678. The summed E-state index contributed by atoms with van der Waals surface area (Å²) in [6, 6.07) is 18.9. The van der Waals surface area contributed by atoms with Crippen LogP contribution in [-0.4, -0.2) is 54.7 Å². The monoisotopic (exact) mass is 472 g/mol. The highest BCUT2D eigenvalue weighted by atomic mass is 35.5. The topological polar surface area (TPSA) is 74.3 Å². The first kappa shape index (κ1) is 23.8. The molecule has 0 saturated heterocycles. The van der Waals surface area contributed by atoms with Gasteiger partial charge in [-0.3, -0.25) is 14.6 Å². The zero-order chi connectivity index (χ0) is 22.8. The predicted molar refractivity (Wildman–Crippen MR) is 131 cm³/mol. The third kappa shape index (κ3) is 6.84. The van der Waals surface area contributed by atoms with Gasteiger partial charge in [0.1, 0.15) is 0 Å². The molecule has 1 aromatic heterocycles. The highest BCUT2D eigenvalue weighted by Gasteiger charge is 2.09. The number of pyridine rings is 1. The summed E-state index contributed by atoms with van der Waals surface area (Å²) in [4.78, 5) is 31.1. The van der Waals surface area contributed by atoms with Gasteiger partial charge >= 0.3 is 0 Å². The highest BCUT2D eigenvalue weighted by molar-refractivity contribution is 6.18. The quantitative estimate of drug-likeness (QED) is 0.330. The van der Waals surface area contributed by atoms with Crippen molar-refractivity contribution in [2.24, 2.45) is 0 Å². The fourth-order valence-corrected chi connectivity index (χ4v) is 3.72. The molecule has 0 atom stereocenters. The molecule has 0 spiro atoms. The van der Waals surface area contributed by atoms with Gasteiger partial charge in [0.05, 0.1) is 17.6 Å². The number of halogens is 2. The number of carbonyl (C=O) groups excluding carboxylic acids is 2. The van der Waals surface area contributed by atoms with Gasteiger partial charge in [0.2, 0.25) is 5.91 Å². The minimum Gasteiger partial charge on any atom is -0.369 e. The fourth-order valence-electron chi connectivity index (χ4n) is 3.31. The van der Waals surface area contributed by atoms with E-state index in [1.54, 1.807) is 12.1 Å². The lowest BCUT2D eigenvalue weighted by molar-refractivity contribution is -0.120. The summed E-state index contributed by atoms with van der Waals surface area (Å²) in [6.07, 6.45) is 0.196. The number of alkyl halides is 2. The van der Waals surface area contributed by atoms with Crippen LogP contribution in [0.15, 0.2) is 60.7 Å². The summed E-state index contributed by atoms with van der Waals surface area (Å²) in [6.45, 7) is 2.06. The molecule has 3 aromatic rings. The summed E-state index contributed by atoms with van der Waals surface area (Å²) in [5.41, 5.74) is 3.10. The Morgan fingerprint density at radius 1 is 0.844 bits per heavy atom. The third-order valence-corrected chi connectivity index (χ3v) is 5.27. The molecule has 0 fully saturated rings. The Bertz CT molecular complexity index is 1040. The van der Waals surface area contributed by atoms with Crippen molar-refractivity contribution in [2.75, 3.05) is 42.8 Å². The highest BCUT2D eigenvalue weighted by Crippen LogP contribution is 2.16. The van der Waals surface area contributed by atoms with Crippen LogP contribution in [0.3, 0.4) is 0 Å². The van der Waals surface area contributed by atoms with Gasteiger partial charge in [-0.25, -0.2) is 0 Å². The Hall–Kier alpha value is -2.83. The van der Waals surface area contributed by atoms with Crippen molar-refractivity contribution in [3.8, 4) is 0 Å². The molecule has 3 rings (SSSR count). The van der Waals surface area contributed by atoms with Crippen LogP contribution in [0.25, 0.3) is 10.9 Å². The van der Waals surface area contributed by atoms with Gasteiger partial charge < -0.3 is 15.5 Å². The second-order valence-electron chi connectivity index (χ2n) is 7.19. The van der Waals surface area contributed by atoms with E-state index in [1.807, 2.05) is 48.5 Å². The van der Waals surface area contributed by atoms with Crippen molar-refractivity contribution in [3.05, 3.63) is 71.9 Å². The zero-order valence-corrected chi connectivity index (χ0v) is 19.2. The van der Waals surface area contributed by atoms with E-state index in [0.717, 1.165) is 16.6 Å². The van der Waals surface area contributed by atoms with Gasteiger partial charge in [0, 0.05) is 54.6 Å². The maximum Gasteiger partial charge on any atom is 0.251 e. The van der Waals surface area contributed by atoms with Gasteiger partial charge in [0.25, 0.3) is 5.91 Å². The van der Waals surface area contributed by atoms with E-state index in [-0.39, 0.29) is 18.2 Å². The van der Waals surface area contributed by atoms with Crippen LogP contribution in [0.5, 0.6) is 0 Å². The standard InChI is InChI=1S/C24H26Cl2N4O2/c25-11-15-30(16-12-26)21-9-6-19(7-10-21)24(32)28-14-13-27-23(31)17-20-8-5-18-3-1-2-4-22(18)29-20/h1-10H,11-17H2,(H,27,31)(H,28,32). The number of nitrogens with zero attached hydrogens (tertiary/aromatic N) is 2. The smallest absolute Gasteiger partial charge is 0.251 e. The lowest BCUT2D eigenvalue weighted by Crippen LogP contribution is -2.35. The van der Waals surface area contributed by atoms with Crippen LogP contribution in [0.2, 0.25) is 0 Å². The molecule has 6 nitrogen and oxygen atoms in total. The molecular formula is C24H26Cl2N4O2. The van der Waals surface area contributed by atoms with E-state index in [4.69, 9.17) is 23.2 Å². The summed E-state index contributed by atoms with van der Waals surface area (Å²) in [5, 5.41) is 6.67. The van der Waals surface area contributed by atoms with Crippen molar-refractivity contribution in [3.63, 3.8) is 0 Å². The third-order valence-electron chi connectivity index (χ3n) is 4.93. The van der Waals surface area contributed by atoms with Gasteiger partial charge in [-0.05, 0) is 36.4 Å². The number of fused-ring (bicyclic) bond motifs is 1. The number of amides is 2. The Morgan fingerprint density at radius 3 is 2.25 bits per heavy atom. The van der Waals surface area contributed by atoms with Crippen molar-refractivity contribution in [1.82, 2.24) is 15.6 Å². The number of hydrogen-bond donors (Lipinski definition) is 2. The second kappa shape index (κ2) is 12.3. The van der Waals surface area contributed by atoms with E-state index >= 15 is 0 Å². The molecule has 0 unspecified atom stereocenters. The average Bonchev–Trinajstić information content (AvgIpc) is 2.81. The number of rotatable bonds is 11. The largest absolute Gasteiger partial charge is 0.369 e. The van der Waals surface area contributed by atoms with Crippen LogP contribution in [0.1, 0.15) is 16.1 Å². The lowest BCUT2D eigenvalue weighted by Gasteiger charge is -2.22. The van der Waals surface area contributed by atoms with Gasteiger partial charge in [0.15, 0.2) is 0 Å². The molecule has 0 aliphatic rings. The molecule has 168 valence electrons. The van der Waals surface area contributed by atoms with E-state index in [9.17, 15) is 9.59 Å². The number of nitrogens with one attached hydrogen (secondary N) is 2. The Morgan fingerprint density at radius 2 is 1.53 bits per heavy atom. The van der Waals surface area contributed by atoms with E-state index in [0.29, 0.717) is 49.2 Å². The van der Waals surface area contributed by atoms with E-state index in [2.05, 4.69) is 20.5 Å².